The number of aromatic carboxylic acids is 1. The number of aromatic nitrogens is 3. The topological polar surface area (TPSA) is 111 Å². The van der Waals surface area contributed by atoms with E-state index in [1.165, 1.54) is 34.2 Å². The normalized spacial score (nSPS) is 10.5. The number of nitrogens with zero attached hydrogens (tertiary/aromatic N) is 4. The first-order chi connectivity index (χ1) is 10.6. The summed E-state index contributed by atoms with van der Waals surface area (Å²) >= 11 is 1.33. The van der Waals surface area contributed by atoms with E-state index >= 15 is 0 Å². The van der Waals surface area contributed by atoms with Crippen molar-refractivity contribution < 1.29 is 14.8 Å². The quantitative estimate of drug-likeness (QED) is 0.585. The number of nitro benzene ring substituents is 1. The van der Waals surface area contributed by atoms with E-state index < -0.39 is 10.9 Å². The first kappa shape index (κ1) is 13.9. The number of hydrogen-bond donors (Lipinski definition) is 1. The molecule has 8 nitrogen and oxygen atoms in total. The fraction of sp³-hybridized carbons (Fsp3) is 0. The maximum Gasteiger partial charge on any atom is 0.358 e. The van der Waals surface area contributed by atoms with Crippen molar-refractivity contribution in [1.82, 2.24) is 15.0 Å². The van der Waals surface area contributed by atoms with Crippen LogP contribution in [0.2, 0.25) is 0 Å². The van der Waals surface area contributed by atoms with Crippen molar-refractivity contribution in [2.24, 2.45) is 0 Å². The van der Waals surface area contributed by atoms with Crippen LogP contribution in [0, 0.1) is 10.1 Å². The molecular formula is C13H8N4O4S. The molecule has 2 heterocycles. The number of thiophene rings is 1. The highest BCUT2D eigenvalue weighted by molar-refractivity contribution is 7.13. The molecule has 0 saturated carbocycles. The van der Waals surface area contributed by atoms with Gasteiger partial charge < -0.3 is 5.11 Å². The zero-order chi connectivity index (χ0) is 15.7. The first-order valence-corrected chi connectivity index (χ1v) is 6.93. The van der Waals surface area contributed by atoms with Gasteiger partial charge in [0, 0.05) is 12.1 Å². The van der Waals surface area contributed by atoms with E-state index in [-0.39, 0.29) is 11.4 Å². The molecule has 0 radical (unpaired) electrons. The van der Waals surface area contributed by atoms with Crippen molar-refractivity contribution in [1.29, 1.82) is 0 Å². The number of carboxylic acids is 1. The number of non-ortho nitro benzene ring substituents is 1. The second-order valence-electron chi connectivity index (χ2n) is 4.26. The van der Waals surface area contributed by atoms with Gasteiger partial charge in [-0.3, -0.25) is 10.1 Å². The Morgan fingerprint density at radius 1 is 1.32 bits per heavy atom. The number of benzene rings is 1. The van der Waals surface area contributed by atoms with E-state index in [1.54, 1.807) is 23.6 Å². The van der Waals surface area contributed by atoms with Crippen molar-refractivity contribution in [3.63, 3.8) is 0 Å². The second-order valence-corrected chi connectivity index (χ2v) is 5.21. The highest BCUT2D eigenvalue weighted by atomic mass is 32.1. The third kappa shape index (κ3) is 2.33. The van der Waals surface area contributed by atoms with Crippen LogP contribution in [0.3, 0.4) is 0 Å². The molecule has 3 aromatic rings. The maximum atomic E-state index is 11.3. The summed E-state index contributed by atoms with van der Waals surface area (Å²) in [6.07, 6.45) is 0. The number of nitro groups is 1. The summed E-state index contributed by atoms with van der Waals surface area (Å²) in [5.41, 5.74) is 0.358. The minimum atomic E-state index is -1.21. The Balaban J connectivity index is 2.22. The van der Waals surface area contributed by atoms with E-state index in [0.717, 1.165) is 0 Å². The lowest BCUT2D eigenvalue weighted by Crippen LogP contribution is -2.02. The van der Waals surface area contributed by atoms with E-state index in [9.17, 15) is 20.0 Å². The van der Waals surface area contributed by atoms with Crippen molar-refractivity contribution in [3.8, 4) is 16.3 Å². The molecular weight excluding hydrogens is 308 g/mol. The summed E-state index contributed by atoms with van der Waals surface area (Å²) in [5.74, 6) is -1.21. The average molecular weight is 316 g/mol. The Hall–Kier alpha value is -3.07. The Labute approximate surface area is 127 Å². The Kier molecular flexibility index (Phi) is 3.39. The molecule has 9 heteroatoms. The highest BCUT2D eigenvalue weighted by Gasteiger charge is 2.22. The Bertz CT molecular complexity index is 857. The lowest BCUT2D eigenvalue weighted by Gasteiger charge is -2.05. The van der Waals surface area contributed by atoms with Gasteiger partial charge in [-0.1, -0.05) is 17.3 Å². The predicted octanol–water partition coefficient (Wildman–Crippen LogP) is 2.60. The zero-order valence-electron chi connectivity index (χ0n) is 10.9. The number of rotatable bonds is 4. The molecule has 1 aromatic carbocycles. The monoisotopic (exact) mass is 316 g/mol. The zero-order valence-corrected chi connectivity index (χ0v) is 11.7. The van der Waals surface area contributed by atoms with Gasteiger partial charge in [-0.25, -0.2) is 9.48 Å². The predicted molar refractivity (Wildman–Crippen MR) is 78.3 cm³/mol. The lowest BCUT2D eigenvalue weighted by molar-refractivity contribution is -0.384. The summed E-state index contributed by atoms with van der Waals surface area (Å²) in [7, 11) is 0. The summed E-state index contributed by atoms with van der Waals surface area (Å²) in [6, 6.07) is 9.29. The van der Waals surface area contributed by atoms with Crippen LogP contribution in [0.1, 0.15) is 10.5 Å². The van der Waals surface area contributed by atoms with Crippen LogP contribution in [0.15, 0.2) is 41.8 Å². The number of carbonyl (C=O) groups is 1. The number of carboxylic acid groups (broad SMARTS) is 1. The maximum absolute atomic E-state index is 11.3. The van der Waals surface area contributed by atoms with Gasteiger partial charge in [-0.2, -0.15) is 0 Å². The fourth-order valence-electron chi connectivity index (χ4n) is 1.98. The largest absolute Gasteiger partial charge is 0.476 e. The minimum absolute atomic E-state index is 0.109. The summed E-state index contributed by atoms with van der Waals surface area (Å²) in [5, 5.41) is 29.4. The molecule has 3 rings (SSSR count). The summed E-state index contributed by atoms with van der Waals surface area (Å²) in [6.45, 7) is 0. The second kappa shape index (κ2) is 5.37. The summed E-state index contributed by atoms with van der Waals surface area (Å²) < 4.78 is 1.29. The van der Waals surface area contributed by atoms with E-state index in [4.69, 9.17) is 0 Å². The van der Waals surface area contributed by atoms with Gasteiger partial charge in [-0.15, -0.1) is 16.4 Å². The van der Waals surface area contributed by atoms with Crippen molar-refractivity contribution in [3.05, 3.63) is 57.6 Å². The molecule has 0 saturated heterocycles. The van der Waals surface area contributed by atoms with Crippen LogP contribution in [0.25, 0.3) is 16.3 Å². The van der Waals surface area contributed by atoms with Gasteiger partial charge in [0.1, 0.15) is 5.69 Å². The van der Waals surface area contributed by atoms with E-state index in [0.29, 0.717) is 16.3 Å². The molecule has 0 aliphatic heterocycles. The van der Waals surface area contributed by atoms with Gasteiger partial charge in [0.15, 0.2) is 5.69 Å². The van der Waals surface area contributed by atoms with Gasteiger partial charge in [0.2, 0.25) is 0 Å². The standard InChI is InChI=1S/C13H8N4O4S/c18-13(19)11-12(10-5-2-6-22-10)16(15-14-11)8-3-1-4-9(7-8)17(20)21/h1-7H,(H,18,19). The minimum Gasteiger partial charge on any atom is -0.476 e. The smallest absolute Gasteiger partial charge is 0.358 e. The molecule has 0 spiro atoms. The van der Waals surface area contributed by atoms with Gasteiger partial charge in [0.25, 0.3) is 5.69 Å². The number of hydrogen-bond acceptors (Lipinski definition) is 6. The first-order valence-electron chi connectivity index (χ1n) is 6.05. The molecule has 0 bridgehead atoms. The molecule has 0 amide bonds. The average Bonchev–Trinajstić information content (AvgIpc) is 3.16. The highest BCUT2D eigenvalue weighted by Crippen LogP contribution is 2.30. The van der Waals surface area contributed by atoms with Crippen LogP contribution >= 0.6 is 11.3 Å². The van der Waals surface area contributed by atoms with Crippen molar-refractivity contribution >= 4 is 23.0 Å². The van der Waals surface area contributed by atoms with Crippen LogP contribution in [0.5, 0.6) is 0 Å². The molecule has 0 aliphatic carbocycles. The third-order valence-electron chi connectivity index (χ3n) is 2.91. The molecule has 110 valence electrons. The Morgan fingerprint density at radius 3 is 2.77 bits per heavy atom. The molecule has 1 N–H and O–H groups in total. The van der Waals surface area contributed by atoms with Gasteiger partial charge >= 0.3 is 5.97 Å². The fourth-order valence-corrected chi connectivity index (χ4v) is 2.73. The molecule has 2 aromatic heterocycles. The molecule has 0 fully saturated rings. The van der Waals surface area contributed by atoms with Crippen LogP contribution in [0.4, 0.5) is 5.69 Å². The van der Waals surface area contributed by atoms with E-state index in [1.807, 2.05) is 0 Å². The van der Waals surface area contributed by atoms with Crippen molar-refractivity contribution in [2.45, 2.75) is 0 Å². The molecule has 0 aliphatic rings. The molecule has 22 heavy (non-hydrogen) atoms. The Morgan fingerprint density at radius 2 is 2.14 bits per heavy atom. The van der Waals surface area contributed by atoms with E-state index in [2.05, 4.69) is 10.3 Å². The summed E-state index contributed by atoms with van der Waals surface area (Å²) in [4.78, 5) is 22.3. The third-order valence-corrected chi connectivity index (χ3v) is 3.79. The lowest BCUT2D eigenvalue weighted by atomic mass is 10.2. The van der Waals surface area contributed by atoms with Crippen molar-refractivity contribution in [2.75, 3.05) is 0 Å². The van der Waals surface area contributed by atoms with Crippen LogP contribution in [-0.2, 0) is 0 Å². The SMILES string of the molecule is O=C(O)c1nnn(-c2cccc([N+](=O)[O-])c2)c1-c1cccs1. The van der Waals surface area contributed by atoms with Gasteiger partial charge in [-0.05, 0) is 17.5 Å². The molecule has 0 atom stereocenters. The van der Waals surface area contributed by atoms with Crippen LogP contribution in [-0.4, -0.2) is 31.0 Å². The molecule has 0 unspecified atom stereocenters. The van der Waals surface area contributed by atoms with Gasteiger partial charge in [0.05, 0.1) is 15.5 Å². The van der Waals surface area contributed by atoms with Crippen LogP contribution < -0.4 is 0 Å².